The number of thioether (sulfide) groups is 1. The van der Waals surface area contributed by atoms with E-state index in [1.807, 2.05) is 11.8 Å². The Labute approximate surface area is 271 Å². The van der Waals surface area contributed by atoms with E-state index in [0.717, 1.165) is 50.4 Å². The molecule has 1 saturated heterocycles. The van der Waals surface area contributed by atoms with Gasteiger partial charge in [-0.3, -0.25) is 11.1 Å². The summed E-state index contributed by atoms with van der Waals surface area (Å²) < 4.78 is 29.5. The maximum absolute atomic E-state index is 7.70. The zero-order valence-electron chi connectivity index (χ0n) is 28.2. The van der Waals surface area contributed by atoms with Gasteiger partial charge in [0.2, 0.25) is 0 Å². The van der Waals surface area contributed by atoms with E-state index in [0.29, 0.717) is 41.1 Å². The second-order valence-electron chi connectivity index (χ2n) is 12.9. The summed E-state index contributed by atoms with van der Waals surface area (Å²) in [6, 6.07) is 0.126. The summed E-state index contributed by atoms with van der Waals surface area (Å²) in [6.07, 6.45) is 17.3. The minimum Gasteiger partial charge on any atom is -0.769 e. The quantitative estimate of drug-likeness (QED) is 0.264. The number of ether oxygens (including phenoxy) is 1. The maximum Gasteiger partial charge on any atom is 0.171 e. The molecule has 6 heteroatoms. The molecule has 0 saturated carbocycles. The van der Waals surface area contributed by atoms with Crippen LogP contribution in [0, 0.1) is 42.1 Å². The van der Waals surface area contributed by atoms with Gasteiger partial charge in [0.25, 0.3) is 0 Å². The van der Waals surface area contributed by atoms with Gasteiger partial charge in [-0.1, -0.05) is 51.9 Å². The largest absolute Gasteiger partial charge is 0.769 e. The first kappa shape index (κ1) is 27.4. The van der Waals surface area contributed by atoms with Crippen LogP contribution in [0.3, 0.4) is 0 Å². The average molecular weight is 753 g/mol. The van der Waals surface area contributed by atoms with Crippen LogP contribution in [0.1, 0.15) is 90.5 Å². The standard InChI is InChI=1S/C21H26N2OS.C14H21N.Ir/c1-11-7-8-16-15-5-4-6-17(19(15)24-21(16)23-11)18-20-14(9-10-22-18)12(2)13(3)25-20;1-10-4-6-13(7-5-10)14-8-11(2)12(3)9-15-14;/h6,9,15-16,18,20-21H,4-5,7-8,10H2,1-3H3;8,10-12H,4-6,9H2,1-3H3;/q2*-2;/t15?,16?,18-,20?,21?;10-,11+,12-;/m01./s1/i1D3;;. The second-order valence-corrected chi connectivity index (χ2v) is 14.3. The van der Waals surface area contributed by atoms with Crippen molar-refractivity contribution in [3.05, 3.63) is 73.9 Å². The minimum atomic E-state index is -2.11. The van der Waals surface area contributed by atoms with E-state index in [1.165, 1.54) is 45.7 Å². The first-order valence-electron chi connectivity index (χ1n) is 17.0. The van der Waals surface area contributed by atoms with Crippen LogP contribution >= 0.6 is 11.8 Å². The molecule has 0 spiro atoms. The van der Waals surface area contributed by atoms with Crippen LogP contribution in [0.5, 0.6) is 0 Å². The fourth-order valence-electron chi connectivity index (χ4n) is 7.15. The number of hydrogen-bond acceptors (Lipinski definition) is 3. The molecule has 7 aliphatic rings. The second kappa shape index (κ2) is 13.2. The fourth-order valence-corrected chi connectivity index (χ4v) is 8.59. The van der Waals surface area contributed by atoms with Crippen molar-refractivity contribution in [3.63, 3.8) is 0 Å². The Morgan fingerprint density at radius 2 is 2.02 bits per heavy atom. The van der Waals surface area contributed by atoms with Crippen molar-refractivity contribution in [3.8, 4) is 0 Å². The summed E-state index contributed by atoms with van der Waals surface area (Å²) in [5.74, 6) is 3.91. The molecule has 227 valence electrons. The normalized spacial score (nSPS) is 39.1. The van der Waals surface area contributed by atoms with Crippen molar-refractivity contribution >= 4 is 17.5 Å². The number of hydrogen-bond donors (Lipinski definition) is 0. The molecule has 0 aromatic rings. The molecule has 1 radical (unpaired) electrons. The average Bonchev–Trinajstić information content (AvgIpc) is 3.51. The molecule has 0 amide bonds. The molecular weight excluding hydrogens is 703 g/mol. The van der Waals surface area contributed by atoms with Crippen LogP contribution < -0.4 is 0 Å². The first-order valence-corrected chi connectivity index (χ1v) is 16.4. The van der Waals surface area contributed by atoms with Gasteiger partial charge < -0.3 is 21.1 Å². The Bertz CT molecular complexity index is 1300. The maximum atomic E-state index is 7.70. The monoisotopic (exact) mass is 753 g/mol. The van der Waals surface area contributed by atoms with Crippen molar-refractivity contribution in [2.75, 3.05) is 13.1 Å². The van der Waals surface area contributed by atoms with Crippen LogP contribution in [0.2, 0.25) is 0 Å². The van der Waals surface area contributed by atoms with Gasteiger partial charge in [0, 0.05) is 41.1 Å². The predicted molar refractivity (Wildman–Crippen MR) is 169 cm³/mol. The molecule has 41 heavy (non-hydrogen) atoms. The molecule has 0 aromatic heterocycles. The van der Waals surface area contributed by atoms with Gasteiger partial charge in [-0.05, 0) is 67.2 Å². The number of aliphatic imine (C=N–C) groups is 1. The summed E-state index contributed by atoms with van der Waals surface area (Å²) in [6.45, 7) is 10.9. The van der Waals surface area contributed by atoms with E-state index in [1.54, 1.807) is 0 Å². The smallest absolute Gasteiger partial charge is 0.171 e. The van der Waals surface area contributed by atoms with Crippen molar-refractivity contribution in [2.45, 2.75) is 104 Å². The number of fused-ring (bicyclic) bond motifs is 4. The third-order valence-corrected chi connectivity index (χ3v) is 11.5. The van der Waals surface area contributed by atoms with E-state index in [2.05, 4.69) is 69.6 Å². The van der Waals surface area contributed by atoms with Gasteiger partial charge in [0.1, 0.15) is 0 Å². The first-order chi connectivity index (χ1) is 20.5. The van der Waals surface area contributed by atoms with E-state index in [4.69, 9.17) is 14.2 Å². The van der Waals surface area contributed by atoms with Crippen LogP contribution in [-0.2, 0) is 24.8 Å². The molecule has 5 aliphatic heterocycles. The molecule has 5 heterocycles. The van der Waals surface area contributed by atoms with E-state index >= 15 is 0 Å². The van der Waals surface area contributed by atoms with Crippen LogP contribution in [-0.4, -0.2) is 36.3 Å². The van der Waals surface area contributed by atoms with Crippen LogP contribution in [0.25, 0.3) is 10.6 Å². The molecular formula is C35H47IrN3OS-4. The van der Waals surface area contributed by atoms with Crippen molar-refractivity contribution in [2.24, 2.45) is 34.6 Å². The van der Waals surface area contributed by atoms with Gasteiger partial charge in [0.15, 0.2) is 6.23 Å². The van der Waals surface area contributed by atoms with Gasteiger partial charge in [-0.25, -0.2) is 12.0 Å². The van der Waals surface area contributed by atoms with Gasteiger partial charge in [0.05, 0.1) is 0 Å². The summed E-state index contributed by atoms with van der Waals surface area (Å²) in [5.41, 5.74) is 7.03. The van der Waals surface area contributed by atoms with Crippen molar-refractivity contribution in [1.82, 2.24) is 0 Å². The minimum absolute atomic E-state index is 0. The molecule has 2 aliphatic carbocycles. The fraction of sp³-hybridized carbons (Fsp3) is 0.657. The SMILES string of the molecule is C[C@H]1C[C-]=C(C2=C[C@H](C)[C@H](C)C[N-]2)CC1.[2H]C([2H])([2H])C1=NC2OC3=C([C@@H]4[N-]CC=C5C(C)=C(C)SC54)[CH-]CCC3C2CC1.[Ir]. The van der Waals surface area contributed by atoms with Gasteiger partial charge >= 0.3 is 0 Å². The topological polar surface area (TPSA) is 49.8 Å². The Morgan fingerprint density at radius 1 is 1.17 bits per heavy atom. The molecule has 0 N–H and O–H groups in total. The van der Waals surface area contributed by atoms with Crippen molar-refractivity contribution < 1.29 is 29.0 Å². The third-order valence-electron chi connectivity index (χ3n) is 10.1. The summed E-state index contributed by atoms with van der Waals surface area (Å²) in [4.78, 5) is 5.93. The van der Waals surface area contributed by atoms with Gasteiger partial charge in [-0.15, -0.1) is 49.8 Å². The summed E-state index contributed by atoms with van der Waals surface area (Å²) in [7, 11) is 0. The molecule has 0 aromatic carbocycles. The van der Waals surface area contributed by atoms with Crippen LogP contribution in [0.15, 0.2) is 55.8 Å². The number of rotatable bonds is 2. The Morgan fingerprint density at radius 3 is 2.78 bits per heavy atom. The molecule has 4 unspecified atom stereocenters. The van der Waals surface area contributed by atoms with E-state index in [9.17, 15) is 0 Å². The van der Waals surface area contributed by atoms with E-state index < -0.39 is 6.85 Å². The zero-order valence-corrected chi connectivity index (χ0v) is 28.4. The van der Waals surface area contributed by atoms with Crippen LogP contribution in [0.4, 0.5) is 0 Å². The van der Waals surface area contributed by atoms with E-state index in [-0.39, 0.29) is 32.4 Å². The molecule has 7 rings (SSSR count). The van der Waals surface area contributed by atoms with Gasteiger partial charge in [-0.2, -0.15) is 11.6 Å². The Hall–Kier alpha value is -1.20. The Balaban J connectivity index is 0.000000204. The predicted octanol–water partition coefficient (Wildman–Crippen LogP) is 9.25. The summed E-state index contributed by atoms with van der Waals surface area (Å²) in [5, 5.41) is 10.00. The summed E-state index contributed by atoms with van der Waals surface area (Å²) >= 11 is 1.93. The number of allylic oxidation sites excluding steroid dienone is 6. The van der Waals surface area contributed by atoms with Crippen molar-refractivity contribution in [1.29, 1.82) is 0 Å². The molecule has 8 atom stereocenters. The third kappa shape index (κ3) is 6.37. The Kier molecular flexibility index (Phi) is 8.81. The molecule has 0 bridgehead atoms. The number of nitrogens with zero attached hydrogens (tertiary/aromatic N) is 3. The molecule has 4 nitrogen and oxygen atoms in total. The molecule has 1 fully saturated rings. The zero-order chi connectivity index (χ0) is 30.5.